The van der Waals surface area contributed by atoms with E-state index in [0.29, 0.717) is 25.5 Å². The number of aromatic carboxylic acids is 1. The average molecular weight is 282 g/mol. The third-order valence-electron chi connectivity index (χ3n) is 3.03. The lowest BCUT2D eigenvalue weighted by Gasteiger charge is -2.22. The molecule has 0 aliphatic carbocycles. The first-order valence-electron chi connectivity index (χ1n) is 6.52. The summed E-state index contributed by atoms with van der Waals surface area (Å²) in [5.74, 6) is -0.845. The Kier molecular flexibility index (Phi) is 4.62. The molecule has 2 amide bonds. The van der Waals surface area contributed by atoms with E-state index in [1.807, 2.05) is 6.92 Å². The fraction of sp³-hybridized carbons (Fsp3) is 0.538. The number of carboxylic acid groups (broad SMARTS) is 1. The normalized spacial score (nSPS) is 19.4. The number of carbonyl (C=O) groups excluding carboxylic acids is 1. The number of hydrogen-bond acceptors (Lipinski definition) is 4. The molecule has 0 radical (unpaired) electrons. The molecule has 1 aromatic heterocycles. The summed E-state index contributed by atoms with van der Waals surface area (Å²) in [6, 6.07) is 2.71. The Morgan fingerprint density at radius 3 is 3.00 bits per heavy atom. The molecule has 7 nitrogen and oxygen atoms in total. The van der Waals surface area contributed by atoms with Gasteiger partial charge in [0, 0.05) is 19.7 Å². The average Bonchev–Trinajstić information content (AvgIpc) is 2.78. The molecule has 1 aromatic rings. The lowest BCUT2D eigenvalue weighted by Crippen LogP contribution is -2.42. The number of rotatable bonds is 3. The molecule has 0 spiro atoms. The van der Waals surface area contributed by atoms with Crippen molar-refractivity contribution in [3.8, 4) is 0 Å². The SMILES string of the molecule is CC1CN(C(=O)NCc2ccc(C(=O)O)o2)CCCO1. The molecule has 0 bridgehead atoms. The van der Waals surface area contributed by atoms with Crippen LogP contribution < -0.4 is 5.32 Å². The van der Waals surface area contributed by atoms with Gasteiger partial charge in [-0.25, -0.2) is 9.59 Å². The van der Waals surface area contributed by atoms with Gasteiger partial charge in [-0.1, -0.05) is 0 Å². The number of amides is 2. The number of carbonyl (C=O) groups is 2. The summed E-state index contributed by atoms with van der Waals surface area (Å²) in [6.07, 6.45) is 0.826. The molecule has 1 atom stereocenters. The van der Waals surface area contributed by atoms with Crippen LogP contribution in [0.25, 0.3) is 0 Å². The van der Waals surface area contributed by atoms with E-state index in [2.05, 4.69) is 5.32 Å². The maximum atomic E-state index is 12.0. The highest BCUT2D eigenvalue weighted by Gasteiger charge is 2.20. The standard InChI is InChI=1S/C13H18N2O5/c1-9-8-15(5-2-6-19-9)13(18)14-7-10-3-4-11(20-10)12(16)17/h3-4,9H,2,5-8H2,1H3,(H,14,18)(H,16,17). The topological polar surface area (TPSA) is 92.0 Å². The number of carboxylic acids is 1. The van der Waals surface area contributed by atoms with Crippen molar-refractivity contribution in [2.45, 2.75) is 26.0 Å². The summed E-state index contributed by atoms with van der Waals surface area (Å²) < 4.78 is 10.5. The van der Waals surface area contributed by atoms with Crippen LogP contribution in [0.2, 0.25) is 0 Å². The van der Waals surface area contributed by atoms with Crippen LogP contribution in [-0.4, -0.2) is 47.8 Å². The second kappa shape index (κ2) is 6.42. The molecule has 1 saturated heterocycles. The first-order chi connectivity index (χ1) is 9.56. The van der Waals surface area contributed by atoms with Crippen LogP contribution in [0.1, 0.15) is 29.7 Å². The zero-order chi connectivity index (χ0) is 14.5. The summed E-state index contributed by atoms with van der Waals surface area (Å²) in [7, 11) is 0. The van der Waals surface area contributed by atoms with Crippen LogP contribution in [0.15, 0.2) is 16.5 Å². The molecule has 0 saturated carbocycles. The number of nitrogens with zero attached hydrogens (tertiary/aromatic N) is 1. The van der Waals surface area contributed by atoms with Gasteiger partial charge in [-0.15, -0.1) is 0 Å². The summed E-state index contributed by atoms with van der Waals surface area (Å²) in [6.45, 7) is 3.94. The summed E-state index contributed by atoms with van der Waals surface area (Å²) in [5.41, 5.74) is 0. The van der Waals surface area contributed by atoms with Crippen molar-refractivity contribution in [1.29, 1.82) is 0 Å². The predicted molar refractivity (Wildman–Crippen MR) is 69.5 cm³/mol. The molecule has 110 valence electrons. The second-order valence-electron chi connectivity index (χ2n) is 4.71. The number of urea groups is 1. The fourth-order valence-corrected chi connectivity index (χ4v) is 2.04. The van der Waals surface area contributed by atoms with Crippen molar-refractivity contribution < 1.29 is 23.8 Å². The molecule has 7 heteroatoms. The number of ether oxygens (including phenoxy) is 1. The number of furan rings is 1. The Bertz CT molecular complexity index is 485. The van der Waals surface area contributed by atoms with Crippen LogP contribution in [0.3, 0.4) is 0 Å². The van der Waals surface area contributed by atoms with Gasteiger partial charge in [-0.05, 0) is 25.5 Å². The minimum Gasteiger partial charge on any atom is -0.475 e. The van der Waals surface area contributed by atoms with Crippen molar-refractivity contribution in [3.63, 3.8) is 0 Å². The van der Waals surface area contributed by atoms with Crippen molar-refractivity contribution in [3.05, 3.63) is 23.7 Å². The molecule has 2 heterocycles. The molecule has 1 fully saturated rings. The van der Waals surface area contributed by atoms with E-state index in [4.69, 9.17) is 14.3 Å². The van der Waals surface area contributed by atoms with Gasteiger partial charge < -0.3 is 24.5 Å². The minimum atomic E-state index is -1.12. The Labute approximate surface area is 116 Å². The number of hydrogen-bond donors (Lipinski definition) is 2. The number of nitrogens with one attached hydrogen (secondary N) is 1. The highest BCUT2D eigenvalue weighted by molar-refractivity contribution is 5.84. The van der Waals surface area contributed by atoms with E-state index >= 15 is 0 Å². The Morgan fingerprint density at radius 1 is 1.50 bits per heavy atom. The van der Waals surface area contributed by atoms with Crippen molar-refractivity contribution in [1.82, 2.24) is 10.2 Å². The van der Waals surface area contributed by atoms with Crippen LogP contribution in [0, 0.1) is 0 Å². The van der Waals surface area contributed by atoms with E-state index < -0.39 is 5.97 Å². The van der Waals surface area contributed by atoms with Gasteiger partial charge in [0.2, 0.25) is 5.76 Å². The van der Waals surface area contributed by atoms with Crippen LogP contribution in [-0.2, 0) is 11.3 Å². The molecular formula is C13H18N2O5. The highest BCUT2D eigenvalue weighted by atomic mass is 16.5. The van der Waals surface area contributed by atoms with E-state index in [1.165, 1.54) is 12.1 Å². The summed E-state index contributed by atoms with van der Waals surface area (Å²) in [5, 5.41) is 11.5. The fourth-order valence-electron chi connectivity index (χ4n) is 2.04. The van der Waals surface area contributed by atoms with E-state index in [1.54, 1.807) is 4.90 Å². The molecule has 1 unspecified atom stereocenters. The van der Waals surface area contributed by atoms with Crippen molar-refractivity contribution >= 4 is 12.0 Å². The monoisotopic (exact) mass is 282 g/mol. The third-order valence-corrected chi connectivity index (χ3v) is 3.03. The van der Waals surface area contributed by atoms with Gasteiger partial charge in [0.25, 0.3) is 0 Å². The zero-order valence-electron chi connectivity index (χ0n) is 11.3. The van der Waals surface area contributed by atoms with Crippen LogP contribution in [0.4, 0.5) is 4.79 Å². The Balaban J connectivity index is 1.85. The van der Waals surface area contributed by atoms with E-state index in [9.17, 15) is 9.59 Å². The Morgan fingerprint density at radius 2 is 2.30 bits per heavy atom. The van der Waals surface area contributed by atoms with Gasteiger partial charge in [0.1, 0.15) is 5.76 Å². The molecule has 2 N–H and O–H groups in total. The molecule has 0 aromatic carbocycles. The lowest BCUT2D eigenvalue weighted by atomic mass is 10.3. The lowest BCUT2D eigenvalue weighted by molar-refractivity contribution is 0.0659. The maximum absolute atomic E-state index is 12.0. The maximum Gasteiger partial charge on any atom is 0.371 e. The molecule has 1 aliphatic heterocycles. The third kappa shape index (κ3) is 3.74. The first-order valence-corrected chi connectivity index (χ1v) is 6.52. The summed E-state index contributed by atoms with van der Waals surface area (Å²) >= 11 is 0. The van der Waals surface area contributed by atoms with Gasteiger partial charge >= 0.3 is 12.0 Å². The van der Waals surface area contributed by atoms with Crippen LogP contribution in [0.5, 0.6) is 0 Å². The summed E-state index contributed by atoms with van der Waals surface area (Å²) in [4.78, 5) is 24.4. The van der Waals surface area contributed by atoms with Crippen molar-refractivity contribution in [2.75, 3.05) is 19.7 Å². The largest absolute Gasteiger partial charge is 0.475 e. The van der Waals surface area contributed by atoms with Gasteiger partial charge in [-0.3, -0.25) is 0 Å². The Hall–Kier alpha value is -2.02. The van der Waals surface area contributed by atoms with E-state index in [-0.39, 0.29) is 24.4 Å². The van der Waals surface area contributed by atoms with Gasteiger partial charge in [-0.2, -0.15) is 0 Å². The van der Waals surface area contributed by atoms with Gasteiger partial charge in [0.05, 0.1) is 12.6 Å². The minimum absolute atomic E-state index is 0.0190. The second-order valence-corrected chi connectivity index (χ2v) is 4.71. The van der Waals surface area contributed by atoms with Crippen molar-refractivity contribution in [2.24, 2.45) is 0 Å². The predicted octanol–water partition coefficient (Wildman–Crippen LogP) is 1.30. The molecular weight excluding hydrogens is 264 g/mol. The molecule has 20 heavy (non-hydrogen) atoms. The smallest absolute Gasteiger partial charge is 0.371 e. The van der Waals surface area contributed by atoms with E-state index in [0.717, 1.165) is 6.42 Å². The van der Waals surface area contributed by atoms with Crippen LogP contribution >= 0.6 is 0 Å². The molecule has 2 rings (SSSR count). The molecule has 1 aliphatic rings. The zero-order valence-corrected chi connectivity index (χ0v) is 11.3. The first kappa shape index (κ1) is 14.4. The highest BCUT2D eigenvalue weighted by Crippen LogP contribution is 2.09. The quantitative estimate of drug-likeness (QED) is 0.871. The van der Waals surface area contributed by atoms with Gasteiger partial charge in [0.15, 0.2) is 0 Å².